The van der Waals surface area contributed by atoms with Crippen molar-refractivity contribution >= 4 is 17.5 Å². The van der Waals surface area contributed by atoms with Gasteiger partial charge >= 0.3 is 0 Å². The second-order valence-electron chi connectivity index (χ2n) is 6.72. The Morgan fingerprint density at radius 3 is 2.89 bits per heavy atom. The van der Waals surface area contributed by atoms with Gasteiger partial charge in [0.15, 0.2) is 6.61 Å². The Morgan fingerprint density at radius 2 is 2.11 bits per heavy atom. The van der Waals surface area contributed by atoms with Crippen molar-refractivity contribution in [2.75, 3.05) is 32.8 Å². The Hall–Kier alpha value is -2.08. The minimum absolute atomic E-state index is 0.0100. The quantitative estimate of drug-likeness (QED) is 0.792. The molecule has 1 fully saturated rings. The van der Waals surface area contributed by atoms with Gasteiger partial charge in [0.2, 0.25) is 0 Å². The van der Waals surface area contributed by atoms with Gasteiger partial charge in [-0.15, -0.1) is 0 Å². The van der Waals surface area contributed by atoms with E-state index in [1.54, 1.807) is 12.1 Å². The number of carbonyl (C=O) groups excluding carboxylic acids is 1. The first kappa shape index (κ1) is 19.7. The number of halogens is 1. The summed E-state index contributed by atoms with van der Waals surface area (Å²) in [4.78, 5) is 14.4. The van der Waals surface area contributed by atoms with E-state index in [0.717, 1.165) is 25.2 Å². The van der Waals surface area contributed by atoms with Crippen LogP contribution in [0.1, 0.15) is 11.1 Å². The van der Waals surface area contributed by atoms with Crippen LogP contribution in [-0.4, -0.2) is 49.8 Å². The van der Waals surface area contributed by atoms with Crippen LogP contribution in [0.15, 0.2) is 48.5 Å². The predicted octanol–water partition coefficient (Wildman–Crippen LogP) is 3.04. The molecule has 1 heterocycles. The fraction of sp³-hybridized carbons (Fsp3) is 0.381. The molecule has 1 amide bonds. The summed E-state index contributed by atoms with van der Waals surface area (Å²) in [6.45, 7) is 5.62. The molecule has 144 valence electrons. The highest BCUT2D eigenvalue weighted by atomic mass is 35.5. The Labute approximate surface area is 165 Å². The van der Waals surface area contributed by atoms with Crippen molar-refractivity contribution < 1.29 is 14.3 Å². The lowest BCUT2D eigenvalue weighted by molar-refractivity contribution is -0.124. The number of ether oxygens (including phenoxy) is 2. The van der Waals surface area contributed by atoms with Crippen molar-refractivity contribution in [3.8, 4) is 5.75 Å². The molecule has 2 aromatic carbocycles. The molecule has 0 aliphatic carbocycles. The number of hydrogen-bond acceptors (Lipinski definition) is 4. The molecule has 3 rings (SSSR count). The van der Waals surface area contributed by atoms with Crippen molar-refractivity contribution in [2.24, 2.45) is 0 Å². The standard InChI is InChI=1S/C21H25ClN2O3/c1-16-11-18(7-8-20(16)22)27-15-21(25)23-12-19-14-24(9-10-26-19)13-17-5-3-2-4-6-17/h2-8,11,19H,9-10,12-15H2,1H3,(H,23,25)/t19-/m0/s1. The van der Waals surface area contributed by atoms with Crippen molar-refractivity contribution in [1.29, 1.82) is 0 Å². The summed E-state index contributed by atoms with van der Waals surface area (Å²) in [7, 11) is 0. The van der Waals surface area contributed by atoms with Gasteiger partial charge in [0.05, 0.1) is 12.7 Å². The highest BCUT2D eigenvalue weighted by molar-refractivity contribution is 6.31. The highest BCUT2D eigenvalue weighted by Gasteiger charge is 2.21. The summed E-state index contributed by atoms with van der Waals surface area (Å²) in [5, 5.41) is 3.57. The van der Waals surface area contributed by atoms with E-state index in [4.69, 9.17) is 21.1 Å². The largest absolute Gasteiger partial charge is 0.484 e. The van der Waals surface area contributed by atoms with Gasteiger partial charge < -0.3 is 14.8 Å². The second kappa shape index (κ2) is 9.74. The van der Waals surface area contributed by atoms with E-state index in [1.807, 2.05) is 19.1 Å². The number of amides is 1. The predicted molar refractivity (Wildman–Crippen MR) is 106 cm³/mol. The lowest BCUT2D eigenvalue weighted by Gasteiger charge is -2.33. The monoisotopic (exact) mass is 388 g/mol. The molecule has 0 unspecified atom stereocenters. The number of rotatable bonds is 7. The Kier molecular flexibility index (Phi) is 7.10. The van der Waals surface area contributed by atoms with E-state index < -0.39 is 0 Å². The molecule has 0 bridgehead atoms. The molecule has 27 heavy (non-hydrogen) atoms. The molecule has 1 aliphatic heterocycles. The van der Waals surface area contributed by atoms with E-state index in [-0.39, 0.29) is 18.6 Å². The van der Waals surface area contributed by atoms with Crippen LogP contribution in [0.4, 0.5) is 0 Å². The number of nitrogens with zero attached hydrogens (tertiary/aromatic N) is 1. The Morgan fingerprint density at radius 1 is 1.30 bits per heavy atom. The van der Waals surface area contributed by atoms with E-state index in [9.17, 15) is 4.79 Å². The normalized spacial score (nSPS) is 17.5. The summed E-state index contributed by atoms with van der Waals surface area (Å²) in [6.07, 6.45) is -0.0100. The molecule has 1 saturated heterocycles. The third-order valence-corrected chi connectivity index (χ3v) is 4.92. The first-order valence-electron chi connectivity index (χ1n) is 9.13. The third kappa shape index (κ3) is 6.24. The molecule has 0 saturated carbocycles. The molecular weight excluding hydrogens is 364 g/mol. The number of hydrogen-bond donors (Lipinski definition) is 1. The van der Waals surface area contributed by atoms with Crippen LogP contribution in [0.5, 0.6) is 5.75 Å². The zero-order valence-electron chi connectivity index (χ0n) is 15.5. The van der Waals surface area contributed by atoms with Gasteiger partial charge in [0.25, 0.3) is 5.91 Å². The molecule has 6 heteroatoms. The van der Waals surface area contributed by atoms with E-state index in [1.165, 1.54) is 5.56 Å². The van der Waals surface area contributed by atoms with Crippen LogP contribution >= 0.6 is 11.6 Å². The van der Waals surface area contributed by atoms with Gasteiger partial charge in [-0.25, -0.2) is 0 Å². The maximum absolute atomic E-state index is 12.1. The van der Waals surface area contributed by atoms with Gasteiger partial charge in [-0.1, -0.05) is 41.9 Å². The molecule has 1 aliphatic rings. The lowest BCUT2D eigenvalue weighted by atomic mass is 10.2. The van der Waals surface area contributed by atoms with Gasteiger partial charge in [0, 0.05) is 31.2 Å². The summed E-state index contributed by atoms with van der Waals surface area (Å²) >= 11 is 5.99. The number of aryl methyl sites for hydroxylation is 1. The van der Waals surface area contributed by atoms with Crippen molar-refractivity contribution in [3.05, 3.63) is 64.7 Å². The second-order valence-corrected chi connectivity index (χ2v) is 7.12. The van der Waals surface area contributed by atoms with E-state index in [2.05, 4.69) is 34.5 Å². The summed E-state index contributed by atoms with van der Waals surface area (Å²) in [5.74, 6) is 0.474. The van der Waals surface area contributed by atoms with Crippen LogP contribution in [0.2, 0.25) is 5.02 Å². The highest BCUT2D eigenvalue weighted by Crippen LogP contribution is 2.20. The Balaban J connectivity index is 1.39. The minimum atomic E-state index is -0.161. The average molecular weight is 389 g/mol. The molecular formula is C21H25ClN2O3. The molecule has 0 radical (unpaired) electrons. The van der Waals surface area contributed by atoms with Gasteiger partial charge in [-0.05, 0) is 36.2 Å². The van der Waals surface area contributed by atoms with Crippen LogP contribution in [0.25, 0.3) is 0 Å². The lowest BCUT2D eigenvalue weighted by Crippen LogP contribution is -2.47. The fourth-order valence-electron chi connectivity index (χ4n) is 3.02. The zero-order chi connectivity index (χ0) is 19.1. The molecule has 1 N–H and O–H groups in total. The number of morpholine rings is 1. The number of benzene rings is 2. The first-order valence-corrected chi connectivity index (χ1v) is 9.51. The molecule has 5 nitrogen and oxygen atoms in total. The molecule has 2 aromatic rings. The number of carbonyl (C=O) groups is 1. The SMILES string of the molecule is Cc1cc(OCC(=O)NC[C@H]2CN(Cc3ccccc3)CCO2)ccc1Cl. The number of nitrogens with one attached hydrogen (secondary N) is 1. The summed E-state index contributed by atoms with van der Waals surface area (Å²) in [6, 6.07) is 15.7. The fourth-order valence-corrected chi connectivity index (χ4v) is 3.14. The van der Waals surface area contributed by atoms with Gasteiger partial charge in [-0.3, -0.25) is 9.69 Å². The maximum Gasteiger partial charge on any atom is 0.258 e. The van der Waals surface area contributed by atoms with Crippen LogP contribution in [0, 0.1) is 6.92 Å². The van der Waals surface area contributed by atoms with E-state index >= 15 is 0 Å². The van der Waals surface area contributed by atoms with Crippen molar-refractivity contribution in [3.63, 3.8) is 0 Å². The molecule has 0 spiro atoms. The first-order chi connectivity index (χ1) is 13.1. The van der Waals surface area contributed by atoms with Crippen LogP contribution in [-0.2, 0) is 16.1 Å². The third-order valence-electron chi connectivity index (χ3n) is 4.50. The summed E-state index contributed by atoms with van der Waals surface area (Å²) in [5.41, 5.74) is 2.21. The zero-order valence-corrected chi connectivity index (χ0v) is 16.2. The van der Waals surface area contributed by atoms with Gasteiger partial charge in [-0.2, -0.15) is 0 Å². The van der Waals surface area contributed by atoms with Crippen LogP contribution in [0.3, 0.4) is 0 Å². The minimum Gasteiger partial charge on any atom is -0.484 e. The topological polar surface area (TPSA) is 50.8 Å². The van der Waals surface area contributed by atoms with Gasteiger partial charge in [0.1, 0.15) is 5.75 Å². The van der Waals surface area contributed by atoms with Crippen LogP contribution < -0.4 is 10.1 Å². The molecule has 0 aromatic heterocycles. The van der Waals surface area contributed by atoms with Crippen molar-refractivity contribution in [1.82, 2.24) is 10.2 Å². The van der Waals surface area contributed by atoms with Crippen molar-refractivity contribution in [2.45, 2.75) is 19.6 Å². The molecule has 1 atom stereocenters. The van der Waals surface area contributed by atoms with E-state index in [0.29, 0.717) is 23.9 Å². The summed E-state index contributed by atoms with van der Waals surface area (Å²) < 4.78 is 11.3. The smallest absolute Gasteiger partial charge is 0.258 e. The Bertz CT molecular complexity index is 754. The maximum atomic E-state index is 12.1. The average Bonchev–Trinajstić information content (AvgIpc) is 2.68.